The van der Waals surface area contributed by atoms with Crippen LogP contribution in [0.2, 0.25) is 0 Å². The molecule has 0 fully saturated rings. The number of rotatable bonds is 11. The van der Waals surface area contributed by atoms with Crippen LogP contribution in [0.5, 0.6) is 23.0 Å². The van der Waals surface area contributed by atoms with Gasteiger partial charge < -0.3 is 24.3 Å². The van der Waals surface area contributed by atoms with Crippen molar-refractivity contribution in [2.45, 2.75) is 23.6 Å². The second-order valence-electron chi connectivity index (χ2n) is 8.83. The first-order valence-electron chi connectivity index (χ1n) is 12.9. The smallest absolute Gasteiger partial charge is 0.238 e. The number of methoxy groups -OCH3 is 4. The van der Waals surface area contributed by atoms with Crippen molar-refractivity contribution < 1.29 is 23.7 Å². The number of nitriles is 1. The van der Waals surface area contributed by atoms with Crippen LogP contribution in [0.1, 0.15) is 18.9 Å². The molecule has 4 rings (SSSR count). The van der Waals surface area contributed by atoms with Crippen molar-refractivity contribution in [1.82, 2.24) is 4.98 Å². The molecule has 41 heavy (non-hydrogen) atoms. The predicted octanol–water partition coefficient (Wildman–Crippen LogP) is 6.83. The molecule has 0 bridgehead atoms. The number of thioether (sulfide) groups is 1. The monoisotopic (exact) mass is 569 g/mol. The Balaban J connectivity index is 1.84. The van der Waals surface area contributed by atoms with Gasteiger partial charge >= 0.3 is 0 Å². The second-order valence-corrected chi connectivity index (χ2v) is 10.0. The van der Waals surface area contributed by atoms with E-state index in [0.717, 1.165) is 5.56 Å². The van der Waals surface area contributed by atoms with E-state index in [1.54, 1.807) is 45.6 Å². The van der Waals surface area contributed by atoms with Gasteiger partial charge in [-0.05, 0) is 42.3 Å². The van der Waals surface area contributed by atoms with E-state index >= 15 is 0 Å². The maximum absolute atomic E-state index is 13.4. The zero-order valence-corrected chi connectivity index (χ0v) is 24.4. The van der Waals surface area contributed by atoms with E-state index in [4.69, 9.17) is 23.9 Å². The molecule has 3 aromatic carbocycles. The molecule has 0 saturated heterocycles. The molecule has 8 nitrogen and oxygen atoms in total. The second kappa shape index (κ2) is 13.6. The van der Waals surface area contributed by atoms with Crippen LogP contribution in [0.25, 0.3) is 22.4 Å². The molecular formula is C32H31N3O5S. The van der Waals surface area contributed by atoms with E-state index in [9.17, 15) is 10.1 Å². The Morgan fingerprint density at radius 1 is 0.878 bits per heavy atom. The molecule has 0 spiro atoms. The number of carbonyl (C=O) groups is 1. The lowest BCUT2D eigenvalue weighted by molar-refractivity contribution is -0.115. The predicted molar refractivity (Wildman–Crippen MR) is 161 cm³/mol. The van der Waals surface area contributed by atoms with Gasteiger partial charge in [-0.15, -0.1) is 0 Å². The van der Waals surface area contributed by atoms with Crippen LogP contribution in [-0.4, -0.2) is 44.6 Å². The maximum Gasteiger partial charge on any atom is 0.238 e. The molecule has 1 heterocycles. The van der Waals surface area contributed by atoms with Crippen molar-refractivity contribution >= 4 is 23.4 Å². The Bertz CT molecular complexity index is 1540. The van der Waals surface area contributed by atoms with Gasteiger partial charge in [-0.1, -0.05) is 61.2 Å². The molecule has 1 aromatic heterocycles. The number of hydrogen-bond donors (Lipinski definition) is 1. The zero-order chi connectivity index (χ0) is 29.4. The van der Waals surface area contributed by atoms with E-state index in [1.807, 2.05) is 55.5 Å². The highest BCUT2D eigenvalue weighted by Crippen LogP contribution is 2.44. The highest BCUT2D eigenvalue weighted by Gasteiger charge is 2.25. The van der Waals surface area contributed by atoms with Crippen LogP contribution in [0.3, 0.4) is 0 Å². The summed E-state index contributed by atoms with van der Waals surface area (Å²) >= 11 is 1.25. The minimum Gasteiger partial charge on any atom is -0.495 e. The lowest BCUT2D eigenvalue weighted by atomic mass is 9.98. The largest absolute Gasteiger partial charge is 0.495 e. The highest BCUT2D eigenvalue weighted by molar-refractivity contribution is 8.00. The summed E-state index contributed by atoms with van der Waals surface area (Å²) in [6, 6.07) is 24.7. The minimum absolute atomic E-state index is 0.216. The van der Waals surface area contributed by atoms with Crippen molar-refractivity contribution in [2.24, 2.45) is 0 Å². The third kappa shape index (κ3) is 6.39. The molecule has 9 heteroatoms. The number of pyridine rings is 1. The molecule has 0 saturated carbocycles. The molecule has 1 unspecified atom stereocenters. The van der Waals surface area contributed by atoms with E-state index in [0.29, 0.717) is 62.5 Å². The first-order chi connectivity index (χ1) is 20.0. The average molecular weight is 570 g/mol. The van der Waals surface area contributed by atoms with Gasteiger partial charge in [0.25, 0.3) is 0 Å². The Morgan fingerprint density at radius 2 is 1.51 bits per heavy atom. The van der Waals surface area contributed by atoms with E-state index in [-0.39, 0.29) is 5.91 Å². The zero-order valence-electron chi connectivity index (χ0n) is 23.6. The van der Waals surface area contributed by atoms with Gasteiger partial charge in [0.05, 0.1) is 50.6 Å². The number of benzene rings is 3. The fourth-order valence-corrected chi connectivity index (χ4v) is 5.38. The van der Waals surface area contributed by atoms with Gasteiger partial charge in [0.1, 0.15) is 16.8 Å². The standard InChI is InChI=1S/C32H31N3O5S/c1-6-29(31(36)34-24-14-10-11-15-26(24)37-2)41-32-23(19-33)22(18-25(35-32)20-12-8-7-9-13-20)21-16-27(38-3)30(40-5)28(17-21)39-4/h7-18,29H,6H2,1-5H3,(H,34,36). The molecular weight excluding hydrogens is 538 g/mol. The van der Waals surface area contributed by atoms with Gasteiger partial charge in [-0.2, -0.15) is 5.26 Å². The summed E-state index contributed by atoms with van der Waals surface area (Å²) in [5.74, 6) is 1.71. The third-order valence-corrected chi connectivity index (χ3v) is 7.78. The Hall–Kier alpha value is -4.68. The summed E-state index contributed by atoms with van der Waals surface area (Å²) in [4.78, 5) is 18.3. The molecule has 1 atom stereocenters. The number of para-hydroxylation sites is 2. The van der Waals surface area contributed by atoms with Gasteiger partial charge in [-0.25, -0.2) is 4.98 Å². The first kappa shape index (κ1) is 29.3. The van der Waals surface area contributed by atoms with Crippen LogP contribution < -0.4 is 24.3 Å². The molecule has 210 valence electrons. The molecule has 1 amide bonds. The van der Waals surface area contributed by atoms with Crippen molar-refractivity contribution in [3.8, 4) is 51.5 Å². The van der Waals surface area contributed by atoms with E-state index in [1.165, 1.54) is 18.9 Å². The number of ether oxygens (including phenoxy) is 4. The number of hydrogen-bond acceptors (Lipinski definition) is 8. The number of nitrogens with one attached hydrogen (secondary N) is 1. The van der Waals surface area contributed by atoms with Crippen LogP contribution in [0, 0.1) is 11.3 Å². The quantitative estimate of drug-likeness (QED) is 0.196. The van der Waals surface area contributed by atoms with Gasteiger partial charge in [0.15, 0.2) is 11.5 Å². The molecule has 0 radical (unpaired) electrons. The fourth-order valence-electron chi connectivity index (χ4n) is 4.35. The van der Waals surface area contributed by atoms with E-state index in [2.05, 4.69) is 11.4 Å². The Kier molecular flexibility index (Phi) is 9.72. The minimum atomic E-state index is -0.529. The van der Waals surface area contributed by atoms with Crippen molar-refractivity contribution in [1.29, 1.82) is 5.26 Å². The summed E-state index contributed by atoms with van der Waals surface area (Å²) in [6.45, 7) is 1.92. The summed E-state index contributed by atoms with van der Waals surface area (Å²) in [6.07, 6.45) is 0.507. The van der Waals surface area contributed by atoms with Gasteiger partial charge in [0.2, 0.25) is 11.7 Å². The summed E-state index contributed by atoms with van der Waals surface area (Å²) in [5.41, 5.74) is 3.76. The fraction of sp³-hybridized carbons (Fsp3) is 0.219. The molecule has 4 aromatic rings. The molecule has 0 aliphatic carbocycles. The van der Waals surface area contributed by atoms with Gasteiger partial charge in [0, 0.05) is 11.1 Å². The number of carbonyl (C=O) groups excluding carboxylic acids is 1. The van der Waals surface area contributed by atoms with Crippen LogP contribution >= 0.6 is 11.8 Å². The summed E-state index contributed by atoms with van der Waals surface area (Å²) in [5, 5.41) is 13.3. The highest BCUT2D eigenvalue weighted by atomic mass is 32.2. The maximum atomic E-state index is 13.4. The van der Waals surface area contributed by atoms with Crippen LogP contribution in [-0.2, 0) is 4.79 Å². The summed E-state index contributed by atoms with van der Waals surface area (Å²) in [7, 11) is 6.18. The molecule has 0 aliphatic heterocycles. The van der Waals surface area contributed by atoms with Crippen LogP contribution in [0.4, 0.5) is 5.69 Å². The van der Waals surface area contributed by atoms with Crippen LogP contribution in [0.15, 0.2) is 77.8 Å². The summed E-state index contributed by atoms with van der Waals surface area (Å²) < 4.78 is 22.0. The van der Waals surface area contributed by atoms with Crippen molar-refractivity contribution in [2.75, 3.05) is 33.8 Å². The van der Waals surface area contributed by atoms with Crippen molar-refractivity contribution in [3.05, 3.63) is 78.4 Å². The number of aromatic nitrogens is 1. The number of nitrogens with zero attached hydrogens (tertiary/aromatic N) is 2. The topological polar surface area (TPSA) is 103 Å². The molecule has 1 N–H and O–H groups in total. The lowest BCUT2D eigenvalue weighted by Gasteiger charge is -2.19. The SMILES string of the molecule is CCC(Sc1nc(-c2ccccc2)cc(-c2cc(OC)c(OC)c(OC)c2)c1C#N)C(=O)Nc1ccccc1OC. The molecule has 0 aliphatic rings. The number of anilines is 1. The third-order valence-electron chi connectivity index (χ3n) is 6.43. The van der Waals surface area contributed by atoms with Gasteiger partial charge in [-0.3, -0.25) is 4.79 Å². The average Bonchev–Trinajstić information content (AvgIpc) is 3.02. The first-order valence-corrected chi connectivity index (χ1v) is 13.8. The lowest BCUT2D eigenvalue weighted by Crippen LogP contribution is -2.25. The van der Waals surface area contributed by atoms with E-state index < -0.39 is 5.25 Å². The normalized spacial score (nSPS) is 11.2. The Morgan fingerprint density at radius 3 is 2.10 bits per heavy atom. The Labute approximate surface area is 244 Å². The van der Waals surface area contributed by atoms with Crippen molar-refractivity contribution in [3.63, 3.8) is 0 Å². The number of amides is 1.